The highest BCUT2D eigenvalue weighted by Gasteiger charge is 2.26. The molecule has 2 amide bonds. The minimum atomic E-state index is -0.745. The summed E-state index contributed by atoms with van der Waals surface area (Å²) in [5.41, 5.74) is 0. The van der Waals surface area contributed by atoms with Crippen LogP contribution in [0.1, 0.15) is 45.4 Å². The molecule has 1 rings (SSSR count). The second-order valence-electron chi connectivity index (χ2n) is 5.18. The number of carboxylic acid groups (broad SMARTS) is 1. The monoisotopic (exact) mass is 272 g/mol. The highest BCUT2D eigenvalue weighted by Crippen LogP contribution is 2.24. The quantitative estimate of drug-likeness (QED) is 0.581. The van der Waals surface area contributed by atoms with Gasteiger partial charge in [0.25, 0.3) is 0 Å². The molecule has 0 radical (unpaired) electrons. The van der Waals surface area contributed by atoms with Crippen LogP contribution in [0.5, 0.6) is 0 Å². The molecule has 1 aliphatic rings. The summed E-state index contributed by atoms with van der Waals surface area (Å²) in [5.74, 6) is -1.02. The van der Waals surface area contributed by atoms with Crippen LogP contribution in [0.2, 0.25) is 0 Å². The second-order valence-corrected chi connectivity index (χ2v) is 5.18. The van der Waals surface area contributed by atoms with E-state index < -0.39 is 12.1 Å². The summed E-state index contributed by atoms with van der Waals surface area (Å²) in [4.78, 5) is 22.4. The van der Waals surface area contributed by atoms with Crippen LogP contribution in [0.25, 0.3) is 0 Å². The number of rotatable bonds is 6. The first-order valence-corrected chi connectivity index (χ1v) is 6.98. The molecule has 0 spiro atoms. The summed E-state index contributed by atoms with van der Waals surface area (Å²) >= 11 is 0. The van der Waals surface area contributed by atoms with E-state index in [0.29, 0.717) is 32.1 Å². The van der Waals surface area contributed by atoms with Crippen LogP contribution in [0, 0.1) is 5.92 Å². The van der Waals surface area contributed by atoms with Crippen LogP contribution in [0.15, 0.2) is 0 Å². The third-order valence-corrected chi connectivity index (χ3v) is 3.53. The van der Waals surface area contributed by atoms with Gasteiger partial charge < -0.3 is 20.8 Å². The van der Waals surface area contributed by atoms with Crippen molar-refractivity contribution in [1.82, 2.24) is 10.6 Å². The van der Waals surface area contributed by atoms with Crippen LogP contribution in [0.3, 0.4) is 0 Å². The minimum Gasteiger partial charge on any atom is -0.481 e. The average Bonchev–Trinajstić information content (AvgIpc) is 2.37. The number of aliphatic hydroxyl groups excluding tert-OH is 1. The van der Waals surface area contributed by atoms with Gasteiger partial charge in [0.2, 0.25) is 0 Å². The lowest BCUT2D eigenvalue weighted by Gasteiger charge is -2.27. The number of amides is 2. The first-order valence-electron chi connectivity index (χ1n) is 6.98. The van der Waals surface area contributed by atoms with E-state index in [9.17, 15) is 14.7 Å². The highest BCUT2D eigenvalue weighted by atomic mass is 16.4. The molecule has 0 aliphatic heterocycles. The number of hydrogen-bond acceptors (Lipinski definition) is 3. The van der Waals surface area contributed by atoms with Crippen molar-refractivity contribution in [3.8, 4) is 0 Å². The Labute approximate surface area is 113 Å². The Morgan fingerprint density at radius 3 is 2.42 bits per heavy atom. The van der Waals surface area contributed by atoms with Crippen LogP contribution in [-0.4, -0.2) is 40.9 Å². The summed E-state index contributed by atoms with van der Waals surface area (Å²) in [6.07, 6.45) is 3.66. The first kappa shape index (κ1) is 15.8. The number of aliphatic carboxylic acids is 1. The molecule has 1 atom stereocenters. The zero-order valence-corrected chi connectivity index (χ0v) is 11.4. The zero-order chi connectivity index (χ0) is 14.3. The smallest absolute Gasteiger partial charge is 0.315 e. The largest absolute Gasteiger partial charge is 0.481 e. The third kappa shape index (κ3) is 5.92. The Balaban J connectivity index is 2.18. The summed E-state index contributed by atoms with van der Waals surface area (Å²) < 4.78 is 0. The molecule has 0 heterocycles. The molecule has 19 heavy (non-hydrogen) atoms. The van der Waals surface area contributed by atoms with Gasteiger partial charge in [-0.25, -0.2) is 4.79 Å². The lowest BCUT2D eigenvalue weighted by Crippen LogP contribution is -2.46. The molecule has 0 aromatic rings. The van der Waals surface area contributed by atoms with Crippen molar-refractivity contribution in [2.75, 3.05) is 6.54 Å². The predicted octanol–water partition coefficient (Wildman–Crippen LogP) is 1.09. The molecule has 0 bridgehead atoms. The van der Waals surface area contributed by atoms with E-state index in [1.54, 1.807) is 0 Å². The average molecular weight is 272 g/mol. The molecule has 1 unspecified atom stereocenters. The molecule has 0 saturated heterocycles. The van der Waals surface area contributed by atoms with Gasteiger partial charge in [0, 0.05) is 12.6 Å². The van der Waals surface area contributed by atoms with Gasteiger partial charge in [-0.1, -0.05) is 13.3 Å². The number of carbonyl (C=O) groups excluding carboxylic acids is 1. The van der Waals surface area contributed by atoms with Crippen LogP contribution < -0.4 is 10.6 Å². The summed E-state index contributed by atoms with van der Waals surface area (Å²) in [5, 5.41) is 23.8. The molecule has 0 aromatic carbocycles. The van der Waals surface area contributed by atoms with Crippen molar-refractivity contribution in [3.63, 3.8) is 0 Å². The fraction of sp³-hybridized carbons (Fsp3) is 0.846. The van der Waals surface area contributed by atoms with Crippen LogP contribution in [0.4, 0.5) is 4.79 Å². The fourth-order valence-electron chi connectivity index (χ4n) is 2.37. The number of carbonyl (C=O) groups is 2. The fourth-order valence-corrected chi connectivity index (χ4v) is 2.37. The van der Waals surface area contributed by atoms with Crippen LogP contribution in [-0.2, 0) is 4.79 Å². The van der Waals surface area contributed by atoms with E-state index >= 15 is 0 Å². The van der Waals surface area contributed by atoms with Gasteiger partial charge in [0.1, 0.15) is 0 Å². The van der Waals surface area contributed by atoms with Crippen molar-refractivity contribution in [2.24, 2.45) is 5.92 Å². The molecule has 0 aromatic heterocycles. The number of urea groups is 1. The number of carboxylic acids is 1. The highest BCUT2D eigenvalue weighted by molar-refractivity contribution is 5.74. The van der Waals surface area contributed by atoms with Gasteiger partial charge in [-0.3, -0.25) is 4.79 Å². The molecule has 4 N–H and O–H groups in total. The van der Waals surface area contributed by atoms with Gasteiger partial charge in [0.05, 0.1) is 12.0 Å². The molecule has 1 fully saturated rings. The summed E-state index contributed by atoms with van der Waals surface area (Å²) in [6.45, 7) is 2.23. The van der Waals surface area contributed by atoms with Crippen molar-refractivity contribution in [3.05, 3.63) is 0 Å². The summed E-state index contributed by atoms with van der Waals surface area (Å²) in [7, 11) is 0. The normalized spacial score (nSPS) is 24.5. The number of nitrogens with one attached hydrogen (secondary N) is 2. The van der Waals surface area contributed by atoms with Crippen molar-refractivity contribution >= 4 is 12.0 Å². The summed E-state index contributed by atoms with van der Waals surface area (Å²) in [6, 6.07) is -0.243. The van der Waals surface area contributed by atoms with Gasteiger partial charge in [-0.2, -0.15) is 0 Å². The second kappa shape index (κ2) is 7.99. The van der Waals surface area contributed by atoms with Gasteiger partial charge in [-0.15, -0.1) is 0 Å². The van der Waals surface area contributed by atoms with E-state index in [0.717, 1.165) is 6.42 Å². The standard InChI is InChI=1S/C13H24N2O4/c1-2-3-11(16)8-14-13(19)15-10-6-4-9(5-7-10)12(17)18/h9-11,16H,2-8H2,1H3,(H,17,18)(H2,14,15,19). The number of aliphatic hydroxyl groups is 1. The Kier molecular flexibility index (Phi) is 6.62. The lowest BCUT2D eigenvalue weighted by molar-refractivity contribution is -0.142. The topological polar surface area (TPSA) is 98.7 Å². The molecule has 6 heteroatoms. The van der Waals surface area contributed by atoms with Gasteiger partial charge >= 0.3 is 12.0 Å². The molecular weight excluding hydrogens is 248 g/mol. The van der Waals surface area contributed by atoms with E-state index in [1.807, 2.05) is 6.92 Å². The lowest BCUT2D eigenvalue weighted by atomic mass is 9.86. The molecule has 110 valence electrons. The van der Waals surface area contributed by atoms with E-state index in [1.165, 1.54) is 0 Å². The maximum Gasteiger partial charge on any atom is 0.315 e. The Morgan fingerprint density at radius 2 is 1.89 bits per heavy atom. The molecule has 1 aliphatic carbocycles. The van der Waals surface area contributed by atoms with Gasteiger partial charge in [-0.05, 0) is 32.1 Å². The van der Waals surface area contributed by atoms with E-state index in [2.05, 4.69) is 10.6 Å². The first-order chi connectivity index (χ1) is 9.02. The SMILES string of the molecule is CCCC(O)CNC(=O)NC1CCC(C(=O)O)CC1. The third-order valence-electron chi connectivity index (χ3n) is 3.53. The Morgan fingerprint density at radius 1 is 1.26 bits per heavy atom. The Hall–Kier alpha value is -1.30. The maximum absolute atomic E-state index is 11.6. The van der Waals surface area contributed by atoms with E-state index in [4.69, 9.17) is 5.11 Å². The molecular formula is C13H24N2O4. The van der Waals surface area contributed by atoms with Crippen LogP contribution >= 0.6 is 0 Å². The molecule has 6 nitrogen and oxygen atoms in total. The number of hydrogen-bond donors (Lipinski definition) is 4. The van der Waals surface area contributed by atoms with E-state index in [-0.39, 0.29) is 24.5 Å². The maximum atomic E-state index is 11.6. The minimum absolute atomic E-state index is 0.0407. The van der Waals surface area contributed by atoms with Crippen molar-refractivity contribution < 1.29 is 19.8 Å². The Bertz CT molecular complexity index is 301. The van der Waals surface area contributed by atoms with Crippen molar-refractivity contribution in [1.29, 1.82) is 0 Å². The van der Waals surface area contributed by atoms with Gasteiger partial charge in [0.15, 0.2) is 0 Å². The zero-order valence-electron chi connectivity index (χ0n) is 11.4. The van der Waals surface area contributed by atoms with Crippen molar-refractivity contribution in [2.45, 2.75) is 57.6 Å². The predicted molar refractivity (Wildman–Crippen MR) is 70.8 cm³/mol. The molecule has 1 saturated carbocycles.